The lowest BCUT2D eigenvalue weighted by atomic mass is 9.96. The summed E-state index contributed by atoms with van der Waals surface area (Å²) in [4.78, 5) is 0. The predicted octanol–water partition coefficient (Wildman–Crippen LogP) is 3.55. The van der Waals surface area contributed by atoms with Gasteiger partial charge in [-0.2, -0.15) is 0 Å². The van der Waals surface area contributed by atoms with Crippen LogP contribution in [0, 0.1) is 0 Å². The molecule has 0 aliphatic carbocycles. The number of rotatable bonds is 4. The number of fused-ring (bicyclic) bond motifs is 1. The van der Waals surface area contributed by atoms with E-state index in [2.05, 4.69) is 23.5 Å². The molecule has 2 aliphatic heterocycles. The van der Waals surface area contributed by atoms with Crippen LogP contribution in [0.1, 0.15) is 43.2 Å². The fourth-order valence-electron chi connectivity index (χ4n) is 3.18. The van der Waals surface area contributed by atoms with Gasteiger partial charge in [-0.25, -0.2) is 0 Å². The van der Waals surface area contributed by atoms with Crippen molar-refractivity contribution >= 4 is 5.69 Å². The lowest BCUT2D eigenvalue weighted by Crippen LogP contribution is -2.14. The average molecular weight is 245 g/mol. The predicted molar refractivity (Wildman–Crippen MR) is 75.2 cm³/mol. The van der Waals surface area contributed by atoms with Crippen molar-refractivity contribution in [2.24, 2.45) is 0 Å². The molecule has 1 fully saturated rings. The molecule has 0 saturated carbocycles. The van der Waals surface area contributed by atoms with Gasteiger partial charge in [-0.3, -0.25) is 0 Å². The van der Waals surface area contributed by atoms with E-state index < -0.39 is 0 Å². The first-order chi connectivity index (χ1) is 8.93. The van der Waals surface area contributed by atoms with Crippen LogP contribution in [0.2, 0.25) is 0 Å². The number of nitrogens with one attached hydrogen (secondary N) is 1. The average Bonchev–Trinajstić information content (AvgIpc) is 2.92. The number of anilines is 1. The van der Waals surface area contributed by atoms with Gasteiger partial charge < -0.3 is 10.1 Å². The maximum Gasteiger partial charge on any atom is 0.0576 e. The molecule has 2 nitrogen and oxygen atoms in total. The van der Waals surface area contributed by atoms with Crippen molar-refractivity contribution in [3.05, 3.63) is 29.3 Å². The first kappa shape index (κ1) is 12.0. The maximum absolute atomic E-state index is 5.69. The van der Waals surface area contributed by atoms with Crippen LogP contribution >= 0.6 is 0 Å². The minimum atomic E-state index is 0.539. The monoisotopic (exact) mass is 245 g/mol. The summed E-state index contributed by atoms with van der Waals surface area (Å²) in [6.45, 7) is 2.11. The highest BCUT2D eigenvalue weighted by Gasteiger charge is 2.16. The Hall–Kier alpha value is -1.02. The molecule has 1 aromatic carbocycles. The van der Waals surface area contributed by atoms with E-state index in [-0.39, 0.29) is 0 Å². The lowest BCUT2D eigenvalue weighted by molar-refractivity contribution is 0.102. The van der Waals surface area contributed by atoms with Crippen molar-refractivity contribution in [3.63, 3.8) is 0 Å². The van der Waals surface area contributed by atoms with Gasteiger partial charge in [-0.1, -0.05) is 18.2 Å². The van der Waals surface area contributed by atoms with Crippen molar-refractivity contribution in [1.29, 1.82) is 0 Å². The molecule has 1 saturated heterocycles. The summed E-state index contributed by atoms with van der Waals surface area (Å²) >= 11 is 0. The van der Waals surface area contributed by atoms with E-state index in [1.54, 1.807) is 0 Å². The Bertz CT molecular complexity index is 396. The van der Waals surface area contributed by atoms with Crippen LogP contribution in [-0.4, -0.2) is 19.3 Å². The van der Waals surface area contributed by atoms with Gasteiger partial charge >= 0.3 is 0 Å². The SMILES string of the molecule is c1cc2c(c(CCCC3CCCO3)c1)NCCC2. The lowest BCUT2D eigenvalue weighted by Gasteiger charge is -2.21. The number of benzene rings is 1. The number of hydrogen-bond acceptors (Lipinski definition) is 2. The van der Waals surface area contributed by atoms with E-state index in [0.29, 0.717) is 6.10 Å². The van der Waals surface area contributed by atoms with E-state index in [9.17, 15) is 0 Å². The van der Waals surface area contributed by atoms with Gasteiger partial charge in [0.1, 0.15) is 0 Å². The fraction of sp³-hybridized carbons (Fsp3) is 0.625. The Morgan fingerprint density at radius 2 is 2.28 bits per heavy atom. The van der Waals surface area contributed by atoms with Gasteiger partial charge in [0, 0.05) is 18.8 Å². The van der Waals surface area contributed by atoms with Crippen LogP contribution in [0.5, 0.6) is 0 Å². The summed E-state index contributed by atoms with van der Waals surface area (Å²) in [6.07, 6.45) is 9.24. The molecule has 0 amide bonds. The molecule has 0 radical (unpaired) electrons. The van der Waals surface area contributed by atoms with E-state index in [1.807, 2.05) is 0 Å². The number of aryl methyl sites for hydroxylation is 2. The first-order valence-electron chi connectivity index (χ1n) is 7.40. The van der Waals surface area contributed by atoms with Crippen LogP contribution < -0.4 is 5.32 Å². The Labute approximate surface area is 110 Å². The Balaban J connectivity index is 1.58. The molecular weight excluding hydrogens is 222 g/mol. The Morgan fingerprint density at radius 1 is 1.28 bits per heavy atom. The molecule has 3 rings (SSSR count). The molecule has 1 unspecified atom stereocenters. The molecule has 1 aromatic rings. The highest BCUT2D eigenvalue weighted by Crippen LogP contribution is 2.28. The van der Waals surface area contributed by atoms with Gasteiger partial charge in [0.15, 0.2) is 0 Å². The normalized spacial score (nSPS) is 22.6. The third kappa shape index (κ3) is 2.69. The number of hydrogen-bond donors (Lipinski definition) is 1. The summed E-state index contributed by atoms with van der Waals surface area (Å²) < 4.78 is 5.69. The molecule has 1 N–H and O–H groups in total. The van der Waals surface area contributed by atoms with Crippen molar-refractivity contribution < 1.29 is 4.74 Å². The van der Waals surface area contributed by atoms with Gasteiger partial charge in [0.05, 0.1) is 6.10 Å². The number of para-hydroxylation sites is 1. The molecule has 2 heterocycles. The summed E-state index contributed by atoms with van der Waals surface area (Å²) in [6, 6.07) is 6.77. The Kier molecular flexibility index (Phi) is 3.84. The minimum absolute atomic E-state index is 0.539. The van der Waals surface area contributed by atoms with Crippen molar-refractivity contribution in [2.45, 2.75) is 51.0 Å². The highest BCUT2D eigenvalue weighted by molar-refractivity contribution is 5.59. The van der Waals surface area contributed by atoms with Crippen LogP contribution in [-0.2, 0) is 17.6 Å². The number of ether oxygens (including phenoxy) is 1. The topological polar surface area (TPSA) is 21.3 Å². The van der Waals surface area contributed by atoms with Crippen LogP contribution in [0.3, 0.4) is 0 Å². The molecule has 0 bridgehead atoms. The molecule has 0 aromatic heterocycles. The van der Waals surface area contributed by atoms with Gasteiger partial charge in [-0.15, -0.1) is 0 Å². The van der Waals surface area contributed by atoms with Crippen molar-refractivity contribution in [3.8, 4) is 0 Å². The molecule has 18 heavy (non-hydrogen) atoms. The minimum Gasteiger partial charge on any atom is -0.385 e. The molecule has 0 spiro atoms. The van der Waals surface area contributed by atoms with E-state index in [1.165, 1.54) is 61.8 Å². The third-order valence-electron chi connectivity index (χ3n) is 4.16. The highest BCUT2D eigenvalue weighted by atomic mass is 16.5. The van der Waals surface area contributed by atoms with E-state index in [4.69, 9.17) is 4.74 Å². The zero-order valence-corrected chi connectivity index (χ0v) is 11.1. The molecular formula is C16H23NO. The van der Waals surface area contributed by atoms with Crippen LogP contribution in [0.25, 0.3) is 0 Å². The molecule has 98 valence electrons. The summed E-state index contributed by atoms with van der Waals surface area (Å²) in [5, 5.41) is 3.58. The van der Waals surface area contributed by atoms with E-state index in [0.717, 1.165) is 13.2 Å². The zero-order valence-electron chi connectivity index (χ0n) is 11.1. The van der Waals surface area contributed by atoms with Gasteiger partial charge in [-0.05, 0) is 56.1 Å². The quantitative estimate of drug-likeness (QED) is 0.876. The Morgan fingerprint density at radius 3 is 3.17 bits per heavy atom. The van der Waals surface area contributed by atoms with Crippen molar-refractivity contribution in [2.75, 3.05) is 18.5 Å². The molecule has 2 aliphatic rings. The summed E-state index contributed by atoms with van der Waals surface area (Å²) in [7, 11) is 0. The zero-order chi connectivity index (χ0) is 12.2. The molecule has 2 heteroatoms. The van der Waals surface area contributed by atoms with Crippen LogP contribution in [0.4, 0.5) is 5.69 Å². The standard InChI is InChI=1S/C16H23NO/c1-5-13(7-2-9-15-10-4-12-18-15)16-14(6-1)8-3-11-17-16/h1,5-6,15,17H,2-4,7-12H2. The third-order valence-corrected chi connectivity index (χ3v) is 4.16. The fourth-order valence-corrected chi connectivity index (χ4v) is 3.18. The maximum atomic E-state index is 5.69. The second-order valence-corrected chi connectivity index (χ2v) is 5.51. The van der Waals surface area contributed by atoms with Crippen LogP contribution in [0.15, 0.2) is 18.2 Å². The second kappa shape index (κ2) is 5.75. The van der Waals surface area contributed by atoms with Crippen molar-refractivity contribution in [1.82, 2.24) is 0 Å². The van der Waals surface area contributed by atoms with Gasteiger partial charge in [0.2, 0.25) is 0 Å². The largest absolute Gasteiger partial charge is 0.385 e. The second-order valence-electron chi connectivity index (χ2n) is 5.51. The van der Waals surface area contributed by atoms with Gasteiger partial charge in [0.25, 0.3) is 0 Å². The summed E-state index contributed by atoms with van der Waals surface area (Å²) in [5.41, 5.74) is 4.44. The molecule has 1 atom stereocenters. The first-order valence-corrected chi connectivity index (χ1v) is 7.40. The smallest absolute Gasteiger partial charge is 0.0576 e. The van der Waals surface area contributed by atoms with E-state index >= 15 is 0 Å². The summed E-state index contributed by atoms with van der Waals surface area (Å²) in [5.74, 6) is 0.